The molecule has 202 valence electrons. The molecule has 0 unspecified atom stereocenters. The Balaban J connectivity index is 1.64. The zero-order valence-electron chi connectivity index (χ0n) is 23.2. The number of benzene rings is 7. The van der Waals surface area contributed by atoms with Crippen LogP contribution in [0.5, 0.6) is 0 Å². The summed E-state index contributed by atoms with van der Waals surface area (Å²) >= 11 is 3.88. The molecule has 2 aromatic heterocycles. The van der Waals surface area contributed by atoms with Gasteiger partial charge in [0.05, 0.1) is 0 Å². The van der Waals surface area contributed by atoms with E-state index in [-0.39, 0.29) is 0 Å². The molecule has 9 aromatic rings. The van der Waals surface area contributed by atoms with E-state index in [2.05, 4.69) is 171 Å². The second-order valence-corrected chi connectivity index (χ2v) is 17.2. The molecular formula is C39H25N2PSe. The van der Waals surface area contributed by atoms with Gasteiger partial charge in [-0.1, -0.05) is 0 Å². The fraction of sp³-hybridized carbons (Fsp3) is 0. The van der Waals surface area contributed by atoms with Crippen LogP contribution in [0.4, 0.5) is 0 Å². The van der Waals surface area contributed by atoms with Gasteiger partial charge < -0.3 is 0 Å². The molecule has 0 spiro atoms. The molecule has 0 radical (unpaired) electrons. The van der Waals surface area contributed by atoms with Gasteiger partial charge in [0.1, 0.15) is 0 Å². The number of hydrogen-bond donors (Lipinski definition) is 0. The summed E-state index contributed by atoms with van der Waals surface area (Å²) in [6, 6.07) is 55.2. The molecule has 2 heterocycles. The average molecular weight is 632 g/mol. The van der Waals surface area contributed by atoms with E-state index in [1.54, 1.807) is 0 Å². The van der Waals surface area contributed by atoms with Crippen molar-refractivity contribution in [1.29, 1.82) is 0 Å². The number of pyridine rings is 1. The summed E-state index contributed by atoms with van der Waals surface area (Å²) < 4.78 is 2.46. The predicted molar refractivity (Wildman–Crippen MR) is 187 cm³/mol. The van der Waals surface area contributed by atoms with Crippen molar-refractivity contribution < 1.29 is 0 Å². The van der Waals surface area contributed by atoms with Gasteiger partial charge in [0.2, 0.25) is 0 Å². The summed E-state index contributed by atoms with van der Waals surface area (Å²) in [6.45, 7) is 0. The van der Waals surface area contributed by atoms with Crippen LogP contribution in [0.25, 0.3) is 59.9 Å². The number of fused-ring (bicyclic) bond motifs is 11. The first-order valence-electron chi connectivity index (χ1n) is 14.5. The van der Waals surface area contributed by atoms with Gasteiger partial charge >= 0.3 is 257 Å². The second kappa shape index (κ2) is 9.49. The average Bonchev–Trinajstić information content (AvgIpc) is 3.47. The first kappa shape index (κ1) is 25.0. The summed E-state index contributed by atoms with van der Waals surface area (Å²) in [5.74, 6) is 0. The summed E-state index contributed by atoms with van der Waals surface area (Å²) in [7, 11) is 0. The fourth-order valence-corrected chi connectivity index (χ4v) is 12.7. The van der Waals surface area contributed by atoms with Gasteiger partial charge in [-0.2, -0.15) is 0 Å². The Kier molecular flexibility index (Phi) is 5.52. The first-order chi connectivity index (χ1) is 21.2. The third kappa shape index (κ3) is 3.54. The van der Waals surface area contributed by atoms with E-state index in [1.807, 2.05) is 0 Å². The van der Waals surface area contributed by atoms with E-state index < -0.39 is 5.51 Å². The fourth-order valence-electron chi connectivity index (χ4n) is 6.91. The number of para-hydroxylation sites is 2. The quantitative estimate of drug-likeness (QED) is 0.0828. The van der Waals surface area contributed by atoms with E-state index in [9.17, 15) is 0 Å². The number of hydrogen-bond acceptors (Lipinski definition) is 1. The molecule has 0 aliphatic carbocycles. The van der Waals surface area contributed by atoms with Crippen molar-refractivity contribution in [2.24, 2.45) is 0 Å². The second-order valence-electron chi connectivity index (χ2n) is 11.1. The van der Waals surface area contributed by atoms with Gasteiger partial charge in [-0.3, -0.25) is 0 Å². The molecule has 0 atom stereocenters. The molecule has 0 fully saturated rings. The Labute approximate surface area is 256 Å². The van der Waals surface area contributed by atoms with Crippen molar-refractivity contribution in [2.75, 3.05) is 0 Å². The minimum absolute atomic E-state index is 1.00. The van der Waals surface area contributed by atoms with Gasteiger partial charge in [-0.25, -0.2) is 0 Å². The number of rotatable bonds is 3. The number of imidazole rings is 1. The summed E-state index contributed by atoms with van der Waals surface area (Å²) in [5, 5.41) is 12.6. The predicted octanol–water partition coefficient (Wildman–Crippen LogP) is 8.48. The van der Waals surface area contributed by atoms with Crippen LogP contribution in [0.2, 0.25) is 0 Å². The van der Waals surface area contributed by atoms with E-state index in [1.165, 1.54) is 59.1 Å². The number of nitrogens with zero attached hydrogens (tertiary/aromatic N) is 2. The SMILES string of the molecule is [Se]=P(c1ccccc1)(c1ccccc1)c1c2ccccc2cc2c3ccc4ccccc4c3c3nc4ccccc4n3c12. The molecule has 43 heavy (non-hydrogen) atoms. The molecule has 0 bridgehead atoms. The van der Waals surface area contributed by atoms with E-state index in [4.69, 9.17) is 4.98 Å². The molecule has 7 aromatic carbocycles. The Morgan fingerprint density at radius 3 is 1.86 bits per heavy atom. The van der Waals surface area contributed by atoms with Crippen LogP contribution in [-0.4, -0.2) is 24.5 Å². The Hall–Kier alpha value is -4.52. The van der Waals surface area contributed by atoms with Crippen molar-refractivity contribution in [1.82, 2.24) is 9.38 Å². The molecule has 0 amide bonds. The van der Waals surface area contributed by atoms with Gasteiger partial charge in [0.15, 0.2) is 0 Å². The van der Waals surface area contributed by atoms with Crippen LogP contribution in [0, 0.1) is 0 Å². The van der Waals surface area contributed by atoms with Crippen LogP contribution in [-0.2, 0) is 0 Å². The van der Waals surface area contributed by atoms with E-state index in [0.717, 1.165) is 16.7 Å². The van der Waals surface area contributed by atoms with Crippen molar-refractivity contribution in [2.45, 2.75) is 0 Å². The maximum atomic E-state index is 5.36. The normalized spacial score (nSPS) is 12.3. The van der Waals surface area contributed by atoms with Crippen molar-refractivity contribution >= 4 is 96.4 Å². The summed E-state index contributed by atoms with van der Waals surface area (Å²) in [5.41, 5.74) is 2.09. The maximum absolute atomic E-state index is 5.36. The van der Waals surface area contributed by atoms with Gasteiger partial charge in [-0.15, -0.1) is 0 Å². The molecular weight excluding hydrogens is 606 g/mol. The minimum atomic E-state index is -2.28. The summed E-state index contributed by atoms with van der Waals surface area (Å²) in [4.78, 5) is 5.36. The van der Waals surface area contributed by atoms with Crippen molar-refractivity contribution in [3.05, 3.63) is 152 Å². The molecule has 0 saturated carbocycles. The van der Waals surface area contributed by atoms with Crippen LogP contribution >= 0.6 is 5.51 Å². The number of aromatic nitrogens is 2. The third-order valence-corrected chi connectivity index (χ3v) is 15.7. The first-order valence-corrected chi connectivity index (χ1v) is 18.5. The Morgan fingerprint density at radius 1 is 0.512 bits per heavy atom. The topological polar surface area (TPSA) is 17.3 Å². The van der Waals surface area contributed by atoms with Crippen LogP contribution in [0.15, 0.2) is 152 Å². The Morgan fingerprint density at radius 2 is 1.12 bits per heavy atom. The zero-order chi connectivity index (χ0) is 28.5. The molecule has 0 N–H and O–H groups in total. The van der Waals surface area contributed by atoms with Crippen molar-refractivity contribution in [3.63, 3.8) is 0 Å². The zero-order valence-corrected chi connectivity index (χ0v) is 25.8. The van der Waals surface area contributed by atoms with E-state index >= 15 is 0 Å². The van der Waals surface area contributed by atoms with Gasteiger partial charge in [0.25, 0.3) is 0 Å². The molecule has 0 aliphatic rings. The molecule has 0 saturated heterocycles. The summed E-state index contributed by atoms with van der Waals surface area (Å²) in [6.07, 6.45) is 0. The molecule has 2 nitrogen and oxygen atoms in total. The molecule has 9 rings (SSSR count). The van der Waals surface area contributed by atoms with Gasteiger partial charge in [0, 0.05) is 0 Å². The van der Waals surface area contributed by atoms with Crippen LogP contribution in [0.1, 0.15) is 0 Å². The van der Waals surface area contributed by atoms with Crippen LogP contribution < -0.4 is 15.9 Å². The standard InChI is InChI=1S/C39H25N2PSe/c43-42(28-15-3-1-4-16-28,29-17-5-2-6-18-29)38-31-20-10-8-14-27(31)25-33-32-24-23-26-13-7-9-19-30(26)36(32)39-40-34-21-11-12-22-35(34)41(39)37(33)38/h1-25H. The van der Waals surface area contributed by atoms with E-state index in [0.29, 0.717) is 0 Å². The molecule has 4 heteroatoms. The third-order valence-electron chi connectivity index (χ3n) is 8.78. The molecule has 0 aliphatic heterocycles. The monoisotopic (exact) mass is 632 g/mol. The van der Waals surface area contributed by atoms with Crippen molar-refractivity contribution in [3.8, 4) is 0 Å². The Bertz CT molecular complexity index is 2540. The van der Waals surface area contributed by atoms with Crippen LogP contribution in [0.3, 0.4) is 0 Å². The van der Waals surface area contributed by atoms with Gasteiger partial charge in [-0.05, 0) is 0 Å².